The molecule has 2 aromatic rings. The first-order valence-electron chi connectivity index (χ1n) is 4.25. The maximum atomic E-state index is 11.2. The van der Waals surface area contributed by atoms with Crippen molar-refractivity contribution in [2.24, 2.45) is 0 Å². The molecule has 1 N–H and O–H groups in total. The fraction of sp³-hybridized carbons (Fsp3) is 0.200. The number of benzene rings is 1. The Morgan fingerprint density at radius 1 is 1.50 bits per heavy atom. The van der Waals surface area contributed by atoms with E-state index in [0.29, 0.717) is 5.56 Å². The standard InChI is InChI=1S/C10H9BrN2O/c1-5(14)7-3-9-10(4-8(7)11)13-6(2)12-9/h3-4H,1-2H3,(H,12,13). The first kappa shape index (κ1) is 9.40. The van der Waals surface area contributed by atoms with Crippen molar-refractivity contribution in [1.29, 1.82) is 0 Å². The lowest BCUT2D eigenvalue weighted by Crippen LogP contribution is -1.93. The lowest BCUT2D eigenvalue weighted by Gasteiger charge is -1.98. The normalized spacial score (nSPS) is 10.8. The summed E-state index contributed by atoms with van der Waals surface area (Å²) in [5, 5.41) is 0. The van der Waals surface area contributed by atoms with Gasteiger partial charge in [0.1, 0.15) is 5.82 Å². The van der Waals surface area contributed by atoms with Gasteiger partial charge in [-0.15, -0.1) is 0 Å². The van der Waals surface area contributed by atoms with Crippen molar-refractivity contribution in [2.75, 3.05) is 0 Å². The quantitative estimate of drug-likeness (QED) is 0.794. The number of aromatic nitrogens is 2. The van der Waals surface area contributed by atoms with Crippen LogP contribution in [0.2, 0.25) is 0 Å². The Labute approximate surface area is 89.7 Å². The molecule has 0 amide bonds. The maximum absolute atomic E-state index is 11.2. The van der Waals surface area contributed by atoms with E-state index in [1.54, 1.807) is 13.0 Å². The number of carbonyl (C=O) groups excluding carboxylic acids is 1. The smallest absolute Gasteiger partial charge is 0.161 e. The summed E-state index contributed by atoms with van der Waals surface area (Å²) in [6, 6.07) is 3.68. The van der Waals surface area contributed by atoms with Crippen molar-refractivity contribution < 1.29 is 4.79 Å². The second-order valence-corrected chi connectivity index (χ2v) is 4.08. The number of nitrogens with zero attached hydrogens (tertiary/aromatic N) is 1. The van der Waals surface area contributed by atoms with Gasteiger partial charge in [0.15, 0.2) is 5.78 Å². The fourth-order valence-electron chi connectivity index (χ4n) is 1.43. The van der Waals surface area contributed by atoms with Gasteiger partial charge < -0.3 is 4.98 Å². The van der Waals surface area contributed by atoms with E-state index < -0.39 is 0 Å². The molecule has 1 heterocycles. The third-order valence-electron chi connectivity index (χ3n) is 2.07. The molecule has 72 valence electrons. The zero-order chi connectivity index (χ0) is 10.3. The summed E-state index contributed by atoms with van der Waals surface area (Å²) in [6.45, 7) is 3.44. The van der Waals surface area contributed by atoms with E-state index in [0.717, 1.165) is 21.3 Å². The molecule has 3 nitrogen and oxygen atoms in total. The number of ketones is 1. The second-order valence-electron chi connectivity index (χ2n) is 3.23. The number of aromatic amines is 1. The molecule has 0 saturated heterocycles. The first-order valence-corrected chi connectivity index (χ1v) is 5.04. The summed E-state index contributed by atoms with van der Waals surface area (Å²) in [7, 11) is 0. The minimum Gasteiger partial charge on any atom is -0.342 e. The summed E-state index contributed by atoms with van der Waals surface area (Å²) >= 11 is 3.36. The van der Waals surface area contributed by atoms with Crippen LogP contribution in [-0.2, 0) is 0 Å². The van der Waals surface area contributed by atoms with Crippen LogP contribution in [0.4, 0.5) is 0 Å². The van der Waals surface area contributed by atoms with E-state index in [1.165, 1.54) is 0 Å². The summed E-state index contributed by atoms with van der Waals surface area (Å²) < 4.78 is 0.807. The number of rotatable bonds is 1. The Morgan fingerprint density at radius 3 is 2.86 bits per heavy atom. The minimum atomic E-state index is 0.0411. The topological polar surface area (TPSA) is 45.8 Å². The van der Waals surface area contributed by atoms with Crippen LogP contribution in [0.3, 0.4) is 0 Å². The Morgan fingerprint density at radius 2 is 2.21 bits per heavy atom. The van der Waals surface area contributed by atoms with Crippen LogP contribution < -0.4 is 0 Å². The lowest BCUT2D eigenvalue weighted by atomic mass is 10.1. The highest BCUT2D eigenvalue weighted by molar-refractivity contribution is 9.10. The maximum Gasteiger partial charge on any atom is 0.161 e. The van der Waals surface area contributed by atoms with Crippen molar-refractivity contribution in [3.63, 3.8) is 0 Å². The Kier molecular flexibility index (Phi) is 2.15. The average Bonchev–Trinajstić information content (AvgIpc) is 2.42. The van der Waals surface area contributed by atoms with Crippen molar-refractivity contribution in [3.8, 4) is 0 Å². The third kappa shape index (κ3) is 1.46. The van der Waals surface area contributed by atoms with Crippen molar-refractivity contribution in [3.05, 3.63) is 28.0 Å². The summed E-state index contributed by atoms with van der Waals surface area (Å²) in [5.41, 5.74) is 2.44. The highest BCUT2D eigenvalue weighted by atomic mass is 79.9. The minimum absolute atomic E-state index is 0.0411. The summed E-state index contributed by atoms with van der Waals surface area (Å²) in [5.74, 6) is 0.895. The van der Waals surface area contributed by atoms with E-state index >= 15 is 0 Å². The van der Waals surface area contributed by atoms with E-state index in [4.69, 9.17) is 0 Å². The van der Waals surface area contributed by atoms with Crippen molar-refractivity contribution in [1.82, 2.24) is 9.97 Å². The molecule has 4 heteroatoms. The van der Waals surface area contributed by atoms with Gasteiger partial charge >= 0.3 is 0 Å². The van der Waals surface area contributed by atoms with Gasteiger partial charge in [-0.1, -0.05) is 0 Å². The average molecular weight is 253 g/mol. The van der Waals surface area contributed by atoms with Gasteiger partial charge in [-0.2, -0.15) is 0 Å². The van der Waals surface area contributed by atoms with Crippen LogP contribution in [0.15, 0.2) is 16.6 Å². The van der Waals surface area contributed by atoms with Gasteiger partial charge in [-0.05, 0) is 41.9 Å². The van der Waals surface area contributed by atoms with Gasteiger partial charge in [0.2, 0.25) is 0 Å². The lowest BCUT2D eigenvalue weighted by molar-refractivity contribution is 0.101. The number of aryl methyl sites for hydroxylation is 1. The highest BCUT2D eigenvalue weighted by Gasteiger charge is 2.08. The monoisotopic (exact) mass is 252 g/mol. The summed E-state index contributed by atoms with van der Waals surface area (Å²) in [4.78, 5) is 18.6. The molecule has 0 fully saturated rings. The van der Waals surface area contributed by atoms with Crippen LogP contribution in [-0.4, -0.2) is 15.8 Å². The van der Waals surface area contributed by atoms with Crippen LogP contribution in [0.25, 0.3) is 11.0 Å². The molecule has 1 aromatic carbocycles. The number of fused-ring (bicyclic) bond motifs is 1. The van der Waals surface area contributed by atoms with Crippen molar-refractivity contribution >= 4 is 32.7 Å². The molecule has 0 aliphatic carbocycles. The summed E-state index contributed by atoms with van der Waals surface area (Å²) in [6.07, 6.45) is 0. The van der Waals surface area contributed by atoms with Crippen molar-refractivity contribution in [2.45, 2.75) is 13.8 Å². The van der Waals surface area contributed by atoms with E-state index in [1.807, 2.05) is 13.0 Å². The number of imidazole rings is 1. The third-order valence-corrected chi connectivity index (χ3v) is 2.72. The number of halogens is 1. The van der Waals surface area contributed by atoms with E-state index in [2.05, 4.69) is 25.9 Å². The molecule has 0 bridgehead atoms. The van der Waals surface area contributed by atoms with E-state index in [9.17, 15) is 4.79 Å². The molecule has 0 atom stereocenters. The molecule has 1 aromatic heterocycles. The molecule has 0 spiro atoms. The number of Topliss-reactive ketones (excluding diaryl/α,β-unsaturated/α-hetero) is 1. The van der Waals surface area contributed by atoms with Gasteiger partial charge in [-0.25, -0.2) is 4.98 Å². The molecule has 0 aliphatic heterocycles. The van der Waals surface area contributed by atoms with Gasteiger partial charge in [0.05, 0.1) is 11.0 Å². The zero-order valence-electron chi connectivity index (χ0n) is 7.89. The number of hydrogen-bond acceptors (Lipinski definition) is 2. The van der Waals surface area contributed by atoms with E-state index in [-0.39, 0.29) is 5.78 Å². The fourth-order valence-corrected chi connectivity index (χ4v) is 2.05. The predicted octanol–water partition coefficient (Wildman–Crippen LogP) is 2.84. The highest BCUT2D eigenvalue weighted by Crippen LogP contribution is 2.23. The van der Waals surface area contributed by atoms with Crippen LogP contribution >= 0.6 is 15.9 Å². The number of H-pyrrole nitrogens is 1. The number of carbonyl (C=O) groups is 1. The van der Waals surface area contributed by atoms with Gasteiger partial charge in [0.25, 0.3) is 0 Å². The molecule has 0 unspecified atom stereocenters. The number of hydrogen-bond donors (Lipinski definition) is 1. The second kappa shape index (κ2) is 3.20. The van der Waals surface area contributed by atoms with Gasteiger partial charge in [-0.3, -0.25) is 4.79 Å². The Balaban J connectivity index is 2.76. The Hall–Kier alpha value is -1.16. The predicted molar refractivity (Wildman–Crippen MR) is 58.5 cm³/mol. The molecule has 0 saturated carbocycles. The van der Waals surface area contributed by atoms with Gasteiger partial charge in [0, 0.05) is 10.0 Å². The van der Waals surface area contributed by atoms with Crippen LogP contribution in [0.1, 0.15) is 23.1 Å². The molecule has 14 heavy (non-hydrogen) atoms. The van der Waals surface area contributed by atoms with Crippen LogP contribution in [0.5, 0.6) is 0 Å². The van der Waals surface area contributed by atoms with Crippen LogP contribution in [0, 0.1) is 6.92 Å². The molecule has 0 radical (unpaired) electrons. The molecule has 0 aliphatic rings. The molecule has 2 rings (SSSR count). The Bertz CT molecular complexity index is 516. The number of nitrogens with one attached hydrogen (secondary N) is 1. The molecular formula is C10H9BrN2O. The largest absolute Gasteiger partial charge is 0.342 e. The molecular weight excluding hydrogens is 244 g/mol. The SMILES string of the molecule is CC(=O)c1cc2nc(C)[nH]c2cc1Br. The first-order chi connectivity index (χ1) is 6.58. The zero-order valence-corrected chi connectivity index (χ0v) is 9.47.